The third-order valence-electron chi connectivity index (χ3n) is 12.6. The van der Waals surface area contributed by atoms with Crippen LogP contribution in [-0.4, -0.2) is 18.3 Å². The highest BCUT2D eigenvalue weighted by molar-refractivity contribution is 6.26. The summed E-state index contributed by atoms with van der Waals surface area (Å²) >= 11 is 0. The maximum absolute atomic E-state index is 4.15. The molecule has 0 aliphatic rings. The first-order valence-electron chi connectivity index (χ1n) is 20.5. The first kappa shape index (κ1) is 33.6. The van der Waals surface area contributed by atoms with Gasteiger partial charge in [0, 0.05) is 66.1 Å². The number of nitrogens with zero attached hydrogens (tertiary/aromatic N) is 4. The van der Waals surface area contributed by atoms with Gasteiger partial charge in [0.05, 0.1) is 38.6 Å². The fraction of sp³-hybridized carbons (Fsp3) is 0.0545. The second-order valence-electron chi connectivity index (χ2n) is 15.7. The number of rotatable bonds is 7. The van der Waals surface area contributed by atoms with E-state index in [4.69, 9.17) is 0 Å². The van der Waals surface area contributed by atoms with Gasteiger partial charge in [-0.2, -0.15) is 0 Å². The van der Waals surface area contributed by atoms with E-state index in [-0.39, 0.29) is 0 Å². The van der Waals surface area contributed by atoms with E-state index in [2.05, 4.69) is 214 Å². The minimum Gasteiger partial charge on any atom is -0.313 e. The van der Waals surface area contributed by atoms with Crippen molar-refractivity contribution in [2.45, 2.75) is 19.8 Å². The zero-order valence-corrected chi connectivity index (χ0v) is 32.8. The minimum absolute atomic E-state index is 0.891. The van der Waals surface area contributed by atoms with Gasteiger partial charge in [-0.3, -0.25) is 0 Å². The summed E-state index contributed by atoms with van der Waals surface area (Å²) in [6.07, 6.45) is 3.83. The van der Waals surface area contributed by atoms with Crippen LogP contribution in [0.4, 0.5) is 0 Å². The van der Waals surface area contributed by atoms with Crippen molar-refractivity contribution < 1.29 is 0 Å². The average molecular weight is 757 g/mol. The maximum Gasteiger partial charge on any atom is 0.0641 e. The molecule has 0 aliphatic heterocycles. The first-order chi connectivity index (χ1) is 29.2. The van der Waals surface area contributed by atoms with Crippen LogP contribution in [0.25, 0.3) is 99.1 Å². The Bertz CT molecular complexity index is 3630. The molecule has 0 spiro atoms. The number of benzene rings is 8. The van der Waals surface area contributed by atoms with Gasteiger partial charge in [-0.1, -0.05) is 115 Å². The summed E-state index contributed by atoms with van der Waals surface area (Å²) in [5, 5.41) is 8.80. The number of fused-ring (bicyclic) bond motifs is 12. The summed E-state index contributed by atoms with van der Waals surface area (Å²) in [6.45, 7) is 6.45. The van der Waals surface area contributed by atoms with E-state index < -0.39 is 0 Å². The Morgan fingerprint density at radius 1 is 0.390 bits per heavy atom. The van der Waals surface area contributed by atoms with Crippen molar-refractivity contribution in [2.24, 2.45) is 0 Å². The van der Waals surface area contributed by atoms with Crippen LogP contribution < -0.4 is 0 Å². The zero-order chi connectivity index (χ0) is 39.2. The Morgan fingerprint density at radius 2 is 0.847 bits per heavy atom. The predicted octanol–water partition coefficient (Wildman–Crippen LogP) is 14.3. The summed E-state index contributed by atoms with van der Waals surface area (Å²) in [4.78, 5) is 0. The summed E-state index contributed by atoms with van der Waals surface area (Å²) in [5.74, 6) is 0. The summed E-state index contributed by atoms with van der Waals surface area (Å²) < 4.78 is 9.91. The second-order valence-corrected chi connectivity index (χ2v) is 15.7. The van der Waals surface area contributed by atoms with Crippen LogP contribution in [0.1, 0.15) is 17.7 Å². The first-order valence-corrected chi connectivity index (χ1v) is 20.5. The Kier molecular flexibility index (Phi) is 7.39. The van der Waals surface area contributed by atoms with Crippen molar-refractivity contribution in [3.05, 3.63) is 206 Å². The van der Waals surface area contributed by atoms with Gasteiger partial charge >= 0.3 is 0 Å². The van der Waals surface area contributed by atoms with E-state index in [0.29, 0.717) is 0 Å². The molecular weight excluding hydrogens is 717 g/mol. The van der Waals surface area contributed by atoms with E-state index in [9.17, 15) is 0 Å². The number of aryl methyl sites for hydroxylation is 1. The monoisotopic (exact) mass is 756 g/mol. The lowest BCUT2D eigenvalue weighted by Crippen LogP contribution is -2.03. The average Bonchev–Trinajstić information content (AvgIpc) is 4.01. The number of hydrogen-bond acceptors (Lipinski definition) is 0. The second kappa shape index (κ2) is 13.0. The quantitative estimate of drug-likeness (QED) is 0.144. The van der Waals surface area contributed by atoms with Crippen LogP contribution in [0.3, 0.4) is 0 Å². The third-order valence-corrected chi connectivity index (χ3v) is 12.6. The number of allylic oxidation sites excluding steroid dienone is 1. The molecule has 4 heterocycles. The Balaban J connectivity index is 1.19. The molecule has 12 rings (SSSR count). The Morgan fingerprint density at radius 3 is 1.42 bits per heavy atom. The van der Waals surface area contributed by atoms with Gasteiger partial charge in [-0.25, -0.2) is 0 Å². The van der Waals surface area contributed by atoms with E-state index in [1.165, 1.54) is 87.6 Å². The Labute approximate surface area is 341 Å². The normalized spacial score (nSPS) is 12.0. The van der Waals surface area contributed by atoms with E-state index in [1.54, 1.807) is 0 Å². The van der Waals surface area contributed by atoms with Crippen LogP contribution >= 0.6 is 0 Å². The molecule has 4 aromatic heterocycles. The van der Waals surface area contributed by atoms with Crippen molar-refractivity contribution in [2.75, 3.05) is 0 Å². The number of hydrogen-bond donors (Lipinski definition) is 0. The molecule has 0 fully saturated rings. The predicted molar refractivity (Wildman–Crippen MR) is 250 cm³/mol. The van der Waals surface area contributed by atoms with Crippen molar-refractivity contribution >= 4 is 76.3 Å². The molecule has 4 nitrogen and oxygen atoms in total. The molecule has 8 aromatic carbocycles. The summed E-state index contributed by atoms with van der Waals surface area (Å²) in [7, 11) is 0. The summed E-state index contributed by atoms with van der Waals surface area (Å²) in [5.41, 5.74) is 15.7. The van der Waals surface area contributed by atoms with Crippen molar-refractivity contribution in [3.8, 4) is 22.7 Å². The highest BCUT2D eigenvalue weighted by atomic mass is 15.0. The van der Waals surface area contributed by atoms with Crippen LogP contribution in [-0.2, 0) is 6.42 Å². The molecule has 0 atom stereocenters. The van der Waals surface area contributed by atoms with Crippen LogP contribution in [0.2, 0.25) is 0 Å². The van der Waals surface area contributed by atoms with Gasteiger partial charge < -0.3 is 18.3 Å². The molecule has 12 aromatic rings. The number of para-hydroxylation sites is 5. The molecule has 0 unspecified atom stereocenters. The van der Waals surface area contributed by atoms with E-state index in [1.807, 2.05) is 6.08 Å². The van der Waals surface area contributed by atoms with Crippen LogP contribution in [0.5, 0.6) is 0 Å². The van der Waals surface area contributed by atoms with Crippen molar-refractivity contribution in [1.29, 1.82) is 0 Å². The molecule has 0 radical (unpaired) electrons. The molecule has 0 saturated carbocycles. The molecule has 4 heteroatoms. The molecule has 0 N–H and O–H groups in total. The fourth-order valence-electron chi connectivity index (χ4n) is 10.1. The largest absolute Gasteiger partial charge is 0.313 e. The topological polar surface area (TPSA) is 19.7 Å². The van der Waals surface area contributed by atoms with Crippen LogP contribution in [0.15, 0.2) is 195 Å². The highest BCUT2D eigenvalue weighted by Gasteiger charge is 2.24. The fourth-order valence-corrected chi connectivity index (χ4v) is 10.1. The lowest BCUT2D eigenvalue weighted by molar-refractivity contribution is 0.891. The van der Waals surface area contributed by atoms with Crippen molar-refractivity contribution in [3.63, 3.8) is 0 Å². The molecular formula is C55H40N4. The number of aromatic nitrogens is 4. The molecule has 0 amide bonds. The van der Waals surface area contributed by atoms with Gasteiger partial charge in [0.2, 0.25) is 0 Å². The van der Waals surface area contributed by atoms with Crippen molar-refractivity contribution in [1.82, 2.24) is 18.3 Å². The van der Waals surface area contributed by atoms with Gasteiger partial charge in [-0.15, -0.1) is 6.58 Å². The highest BCUT2D eigenvalue weighted by Crippen LogP contribution is 2.44. The van der Waals surface area contributed by atoms with E-state index in [0.717, 1.165) is 35.6 Å². The van der Waals surface area contributed by atoms with Crippen LogP contribution in [0, 0.1) is 6.92 Å². The SMILES string of the molecule is C=CCCc1c(C)c2ccc3c(c4ccccc4n3-c3ccccc3)c2n1-c1cccc(-n2c3ccccc3c3ccc4c(c5ccccc5n4-c4ccccc4)c32)c1. The molecule has 59 heavy (non-hydrogen) atoms. The molecule has 0 bridgehead atoms. The lowest BCUT2D eigenvalue weighted by Gasteiger charge is -2.16. The zero-order valence-electron chi connectivity index (χ0n) is 32.8. The van der Waals surface area contributed by atoms with Gasteiger partial charge in [0.25, 0.3) is 0 Å². The third kappa shape index (κ3) is 4.77. The standard InChI is InChI=1S/C55H40N4/c1-3-4-27-46-36(2)41-31-33-50-52(44-25-12-15-29-48(44)56(50)37-18-7-5-8-19-37)54(41)58(46)39-22-17-23-40(35-39)59-47-28-14-11-24-42(47)43-32-34-51-53(55(43)59)45-26-13-16-30-49(45)57(51)38-20-9-6-10-21-38/h3,5-26,28-35H,1,4,27H2,2H3. The molecule has 280 valence electrons. The van der Waals surface area contributed by atoms with Gasteiger partial charge in [-0.05, 0) is 98.1 Å². The lowest BCUT2D eigenvalue weighted by atomic mass is 10.1. The summed E-state index contributed by atoms with van der Waals surface area (Å²) in [6, 6.07) is 66.7. The minimum atomic E-state index is 0.891. The van der Waals surface area contributed by atoms with Gasteiger partial charge in [0.1, 0.15) is 0 Å². The Hall–Kier alpha value is -7.56. The smallest absolute Gasteiger partial charge is 0.0641 e. The van der Waals surface area contributed by atoms with E-state index >= 15 is 0 Å². The maximum atomic E-state index is 4.15. The molecule has 0 saturated heterocycles. The molecule has 0 aliphatic carbocycles. The van der Waals surface area contributed by atoms with Gasteiger partial charge in [0.15, 0.2) is 0 Å².